The van der Waals surface area contributed by atoms with Crippen LogP contribution >= 0.6 is 0 Å². The molecule has 10 nitrogen and oxygen atoms in total. The largest absolute Gasteiger partial charge is 2.00 e. The molecule has 0 aliphatic carbocycles. The third kappa shape index (κ3) is 78.2. The van der Waals surface area contributed by atoms with Crippen LogP contribution in [0.4, 0.5) is 0 Å². The average Bonchev–Trinajstić information content (AvgIpc) is 2.77. The minimum Gasteiger partial charge on any atom is -0.550 e. The Labute approximate surface area is 302 Å². The van der Waals surface area contributed by atoms with Crippen molar-refractivity contribution in [2.75, 3.05) is 0 Å². The molecule has 0 atom stereocenters. The van der Waals surface area contributed by atoms with E-state index < -0.39 is 23.9 Å². The van der Waals surface area contributed by atoms with E-state index >= 15 is 0 Å². The van der Waals surface area contributed by atoms with Crippen molar-refractivity contribution in [2.24, 2.45) is 21.7 Å². The molecule has 2 heterocycles. The molecule has 0 radical (unpaired) electrons. The molecule has 0 bridgehead atoms. The van der Waals surface area contributed by atoms with Crippen molar-refractivity contribution in [3.63, 3.8) is 0 Å². The molecule has 0 N–H and O–H groups in total. The van der Waals surface area contributed by atoms with Crippen molar-refractivity contribution >= 4 is 23.9 Å². The molecule has 0 aliphatic heterocycles. The summed E-state index contributed by atoms with van der Waals surface area (Å²) in [6, 6.07) is 11.4. The van der Waals surface area contributed by atoms with Crippen LogP contribution in [-0.4, -0.2) is 33.8 Å². The third-order valence-electron chi connectivity index (χ3n) is 3.83. The number of carboxylic acids is 4. The first-order valence-electron chi connectivity index (χ1n) is 14.2. The predicted molar refractivity (Wildman–Crippen MR) is 165 cm³/mol. The first-order valence-corrected chi connectivity index (χ1v) is 14.2. The number of hydrogen-bond acceptors (Lipinski definition) is 10. The molecule has 2 rings (SSSR count). The molecule has 46 heavy (non-hydrogen) atoms. The molecular weight excluding hydrogens is 695 g/mol. The second-order valence-corrected chi connectivity index (χ2v) is 14.5. The first kappa shape index (κ1) is 55.8. The zero-order valence-electron chi connectivity index (χ0n) is 30.2. The number of carbonyl (C=O) groups excluding carboxylic acids is 4. The van der Waals surface area contributed by atoms with Gasteiger partial charge in [0.05, 0.1) is 0 Å². The summed E-state index contributed by atoms with van der Waals surface area (Å²) in [5.41, 5.74) is -0.560. The van der Waals surface area contributed by atoms with Crippen LogP contribution in [0.3, 0.4) is 0 Å². The minimum absolute atomic E-state index is 0. The van der Waals surface area contributed by atoms with Gasteiger partial charge in [0, 0.05) is 48.7 Å². The summed E-state index contributed by atoms with van der Waals surface area (Å²) in [6.07, 6.45) is 7.53. The van der Waals surface area contributed by atoms with Crippen LogP contribution in [0.25, 0.3) is 0 Å². The van der Waals surface area contributed by atoms with Crippen molar-refractivity contribution in [3.05, 3.63) is 61.2 Å². The van der Waals surface area contributed by atoms with Gasteiger partial charge in [0.2, 0.25) is 0 Å². The van der Waals surface area contributed by atoms with Gasteiger partial charge < -0.3 is 39.6 Å². The molecule has 0 unspecified atom stereocenters. The number of rotatable bonds is 4. The molecule has 252 valence electrons. The Balaban J connectivity index is -0.000000104. The normalized spacial score (nSPS) is 10.0. The second kappa shape index (κ2) is 29.8. The van der Waals surface area contributed by atoms with E-state index in [2.05, 4.69) is 9.97 Å². The van der Waals surface area contributed by atoms with Gasteiger partial charge in [-0.1, -0.05) is 95.2 Å². The summed E-state index contributed by atoms with van der Waals surface area (Å²) in [7, 11) is 0. The second-order valence-electron chi connectivity index (χ2n) is 14.5. The third-order valence-corrected chi connectivity index (χ3v) is 3.83. The Morgan fingerprint density at radius 3 is 0.565 bits per heavy atom. The molecular formula is C34H54N2O8Zn2. The van der Waals surface area contributed by atoms with Crippen LogP contribution in [0.2, 0.25) is 0 Å². The van der Waals surface area contributed by atoms with E-state index in [4.69, 9.17) is 0 Å². The van der Waals surface area contributed by atoms with Crippen molar-refractivity contribution in [2.45, 2.75) is 109 Å². The van der Waals surface area contributed by atoms with Gasteiger partial charge in [-0.05, 0) is 71.6 Å². The fourth-order valence-electron chi connectivity index (χ4n) is 2.36. The number of hydrogen-bond donors (Lipinski definition) is 0. The van der Waals surface area contributed by atoms with E-state index in [-0.39, 0.29) is 86.3 Å². The quantitative estimate of drug-likeness (QED) is 0.421. The summed E-state index contributed by atoms with van der Waals surface area (Å²) < 4.78 is 0. The Hall–Kier alpha value is -2.57. The van der Waals surface area contributed by atoms with Crippen LogP contribution in [0.1, 0.15) is 109 Å². The van der Waals surface area contributed by atoms with Crippen LogP contribution in [0.15, 0.2) is 61.2 Å². The van der Waals surface area contributed by atoms with E-state index in [1.165, 1.54) is 0 Å². The van der Waals surface area contributed by atoms with Gasteiger partial charge in [0.1, 0.15) is 0 Å². The predicted octanol–water partition coefficient (Wildman–Crippen LogP) is 2.85. The molecule has 0 fully saturated rings. The zero-order chi connectivity index (χ0) is 35.6. The summed E-state index contributed by atoms with van der Waals surface area (Å²) in [6.45, 7) is 22.4. The van der Waals surface area contributed by atoms with Crippen molar-refractivity contribution in [1.82, 2.24) is 9.97 Å². The van der Waals surface area contributed by atoms with Gasteiger partial charge in [0.15, 0.2) is 0 Å². The summed E-state index contributed by atoms with van der Waals surface area (Å²) in [4.78, 5) is 47.2. The maximum absolute atomic E-state index is 9.90. The van der Waals surface area contributed by atoms with Gasteiger partial charge in [0.25, 0.3) is 0 Å². The topological polar surface area (TPSA) is 186 Å². The molecule has 0 saturated heterocycles. The number of nitrogens with zero attached hydrogens (tertiary/aromatic N) is 2. The molecule has 0 amide bonds. The zero-order valence-corrected chi connectivity index (χ0v) is 36.1. The van der Waals surface area contributed by atoms with Crippen molar-refractivity contribution in [3.8, 4) is 0 Å². The Bertz CT molecular complexity index is 823. The Morgan fingerprint density at radius 1 is 0.391 bits per heavy atom. The maximum atomic E-state index is 9.90. The Kier molecular flexibility index (Phi) is 36.2. The number of pyridine rings is 2. The SMILES string of the molecule is CC(C)(C)CC(=O)[O-].CC(C)(C)CC(=O)[O-].CC(C)(C)CC(=O)[O-].CC(C)(C)CC(=O)[O-].[Zn+2].[Zn+2].c1ccncc1.c1ccncc1. The number of carbonyl (C=O) groups is 4. The van der Waals surface area contributed by atoms with Crippen LogP contribution < -0.4 is 20.4 Å². The van der Waals surface area contributed by atoms with Gasteiger partial charge in [-0.2, -0.15) is 0 Å². The van der Waals surface area contributed by atoms with E-state index in [1.807, 2.05) is 119 Å². The van der Waals surface area contributed by atoms with E-state index in [1.54, 1.807) is 24.8 Å². The van der Waals surface area contributed by atoms with Gasteiger partial charge in [-0.15, -0.1) is 0 Å². The number of aromatic nitrogens is 2. The molecule has 0 saturated carbocycles. The van der Waals surface area contributed by atoms with E-state index in [9.17, 15) is 39.6 Å². The maximum Gasteiger partial charge on any atom is 2.00 e. The minimum atomic E-state index is -0.975. The van der Waals surface area contributed by atoms with Gasteiger partial charge in [-0.25, -0.2) is 0 Å². The van der Waals surface area contributed by atoms with Crippen molar-refractivity contribution in [1.29, 1.82) is 0 Å². The number of aliphatic carboxylic acids is 4. The Morgan fingerprint density at radius 2 is 0.543 bits per heavy atom. The average molecular weight is 750 g/mol. The molecule has 2 aromatic heterocycles. The summed E-state index contributed by atoms with van der Waals surface area (Å²) >= 11 is 0. The molecule has 0 spiro atoms. The van der Waals surface area contributed by atoms with E-state index in [0.29, 0.717) is 0 Å². The molecule has 0 aromatic carbocycles. The van der Waals surface area contributed by atoms with Crippen LogP contribution in [-0.2, 0) is 58.1 Å². The van der Waals surface area contributed by atoms with Crippen molar-refractivity contribution < 1.29 is 78.6 Å². The summed E-state index contributed by atoms with van der Waals surface area (Å²) in [5, 5.41) is 39.6. The monoisotopic (exact) mass is 746 g/mol. The van der Waals surface area contributed by atoms with Crippen LogP contribution in [0, 0.1) is 21.7 Å². The standard InChI is InChI=1S/4C6H12O2.2C5H5N.2Zn/c4*1-6(2,3)4-5(7)8;2*1-2-4-6-5-3-1;;/h4*4H2,1-3H3,(H,7,8);2*1-5H;;/q;;;;;;2*+2/p-4. The molecule has 12 heteroatoms. The fourth-order valence-corrected chi connectivity index (χ4v) is 2.36. The van der Waals surface area contributed by atoms with E-state index in [0.717, 1.165) is 0 Å². The molecule has 2 aromatic rings. The van der Waals surface area contributed by atoms with Crippen LogP contribution in [0.5, 0.6) is 0 Å². The smallest absolute Gasteiger partial charge is 0.550 e. The molecule has 0 aliphatic rings. The fraction of sp³-hybridized carbons (Fsp3) is 0.588. The number of carboxylic acid groups (broad SMARTS) is 4. The van der Waals surface area contributed by atoms with Gasteiger partial charge in [-0.3, -0.25) is 9.97 Å². The summed E-state index contributed by atoms with van der Waals surface area (Å²) in [5.74, 6) is -3.90. The van der Waals surface area contributed by atoms with Gasteiger partial charge >= 0.3 is 39.0 Å². The first-order chi connectivity index (χ1) is 19.7.